The fourth-order valence-electron chi connectivity index (χ4n) is 2.37. The van der Waals surface area contributed by atoms with E-state index >= 15 is 0 Å². The SMILES string of the molecule is CCCC[C@H](N)C(=O)N(Cc1ccc(Cl)c(Cl)c1)C1CC1. The highest BCUT2D eigenvalue weighted by Crippen LogP contribution is 2.30. The van der Waals surface area contributed by atoms with Gasteiger partial charge in [0, 0.05) is 12.6 Å². The quantitative estimate of drug-likeness (QED) is 0.822. The molecule has 0 heterocycles. The van der Waals surface area contributed by atoms with Gasteiger partial charge in [0.05, 0.1) is 16.1 Å². The van der Waals surface area contributed by atoms with Crippen LogP contribution in [0.15, 0.2) is 18.2 Å². The number of nitrogens with two attached hydrogens (primary N) is 1. The molecule has 0 aliphatic heterocycles. The van der Waals surface area contributed by atoms with Crippen LogP contribution in [0.5, 0.6) is 0 Å². The van der Waals surface area contributed by atoms with Gasteiger partial charge in [-0.25, -0.2) is 0 Å². The maximum absolute atomic E-state index is 12.5. The highest BCUT2D eigenvalue weighted by molar-refractivity contribution is 6.42. The molecule has 0 spiro atoms. The summed E-state index contributed by atoms with van der Waals surface area (Å²) in [6.07, 6.45) is 4.91. The van der Waals surface area contributed by atoms with E-state index in [0.717, 1.165) is 37.7 Å². The Morgan fingerprint density at radius 2 is 2.10 bits per heavy atom. The van der Waals surface area contributed by atoms with Gasteiger partial charge in [0.15, 0.2) is 0 Å². The number of hydrogen-bond acceptors (Lipinski definition) is 2. The molecule has 0 saturated heterocycles. The van der Waals surface area contributed by atoms with Crippen LogP contribution >= 0.6 is 23.2 Å². The number of amides is 1. The zero-order chi connectivity index (χ0) is 15.4. The third kappa shape index (κ3) is 4.60. The van der Waals surface area contributed by atoms with Crippen molar-refractivity contribution in [2.75, 3.05) is 0 Å². The van der Waals surface area contributed by atoms with Gasteiger partial charge >= 0.3 is 0 Å². The standard InChI is InChI=1S/C16H22Cl2N2O/c1-2-3-4-15(19)16(21)20(12-6-7-12)10-11-5-8-13(17)14(18)9-11/h5,8-9,12,15H,2-4,6-7,10,19H2,1H3/t15-/m0/s1. The monoisotopic (exact) mass is 328 g/mol. The molecule has 1 atom stereocenters. The lowest BCUT2D eigenvalue weighted by atomic mass is 10.1. The van der Waals surface area contributed by atoms with Crippen LogP contribution in [0.2, 0.25) is 10.0 Å². The minimum absolute atomic E-state index is 0.0528. The van der Waals surface area contributed by atoms with Crippen molar-refractivity contribution in [3.63, 3.8) is 0 Å². The molecule has 5 heteroatoms. The summed E-state index contributed by atoms with van der Waals surface area (Å²) >= 11 is 12.0. The van der Waals surface area contributed by atoms with Gasteiger partial charge in [-0.05, 0) is 37.0 Å². The van der Waals surface area contributed by atoms with Crippen LogP contribution < -0.4 is 5.73 Å². The van der Waals surface area contributed by atoms with Crippen molar-refractivity contribution >= 4 is 29.1 Å². The molecule has 1 aliphatic rings. The molecule has 0 unspecified atom stereocenters. The summed E-state index contributed by atoms with van der Waals surface area (Å²) in [5.41, 5.74) is 7.03. The first-order valence-corrected chi connectivity index (χ1v) is 8.28. The first kappa shape index (κ1) is 16.6. The highest BCUT2D eigenvalue weighted by Gasteiger charge is 2.34. The Morgan fingerprint density at radius 3 is 2.67 bits per heavy atom. The summed E-state index contributed by atoms with van der Waals surface area (Å²) < 4.78 is 0. The van der Waals surface area contributed by atoms with E-state index in [4.69, 9.17) is 28.9 Å². The van der Waals surface area contributed by atoms with Gasteiger partial charge < -0.3 is 10.6 Å². The van der Waals surface area contributed by atoms with Gasteiger partial charge in [0.25, 0.3) is 0 Å². The first-order chi connectivity index (χ1) is 10.0. The molecule has 1 saturated carbocycles. The van der Waals surface area contributed by atoms with Crippen LogP contribution in [0.4, 0.5) is 0 Å². The molecule has 1 fully saturated rings. The molecule has 116 valence electrons. The van der Waals surface area contributed by atoms with E-state index in [0.29, 0.717) is 22.6 Å². The second-order valence-corrected chi connectivity index (χ2v) is 6.51. The number of carbonyl (C=O) groups is 1. The Bertz CT molecular complexity index is 503. The van der Waals surface area contributed by atoms with E-state index in [9.17, 15) is 4.79 Å². The summed E-state index contributed by atoms with van der Waals surface area (Å²) in [6.45, 7) is 2.66. The fraction of sp³-hybridized carbons (Fsp3) is 0.562. The van der Waals surface area contributed by atoms with E-state index in [2.05, 4.69) is 6.92 Å². The van der Waals surface area contributed by atoms with E-state index in [1.807, 2.05) is 17.0 Å². The largest absolute Gasteiger partial charge is 0.334 e. The predicted octanol–water partition coefficient (Wildman–Crippen LogP) is 4.00. The van der Waals surface area contributed by atoms with Gasteiger partial charge in [-0.2, -0.15) is 0 Å². The van der Waals surface area contributed by atoms with Crippen molar-refractivity contribution in [2.45, 2.75) is 57.7 Å². The van der Waals surface area contributed by atoms with Crippen molar-refractivity contribution in [3.05, 3.63) is 33.8 Å². The number of carbonyl (C=O) groups excluding carboxylic acids is 1. The molecular weight excluding hydrogens is 307 g/mol. The second-order valence-electron chi connectivity index (χ2n) is 5.69. The van der Waals surface area contributed by atoms with Gasteiger partial charge in [-0.15, -0.1) is 0 Å². The van der Waals surface area contributed by atoms with Crippen LogP contribution in [0, 0.1) is 0 Å². The minimum Gasteiger partial charge on any atom is -0.334 e. The number of unbranched alkanes of at least 4 members (excludes halogenated alkanes) is 1. The van der Waals surface area contributed by atoms with Gasteiger partial charge in [-0.3, -0.25) is 4.79 Å². The topological polar surface area (TPSA) is 46.3 Å². The maximum Gasteiger partial charge on any atom is 0.240 e. The molecular formula is C16H22Cl2N2O. The van der Waals surface area contributed by atoms with Crippen molar-refractivity contribution in [3.8, 4) is 0 Å². The summed E-state index contributed by atoms with van der Waals surface area (Å²) in [5, 5.41) is 1.05. The average molecular weight is 329 g/mol. The Morgan fingerprint density at radius 1 is 1.38 bits per heavy atom. The van der Waals surface area contributed by atoms with Crippen molar-refractivity contribution in [1.82, 2.24) is 4.90 Å². The van der Waals surface area contributed by atoms with E-state index in [1.54, 1.807) is 6.07 Å². The van der Waals surface area contributed by atoms with Gasteiger partial charge in [0.2, 0.25) is 5.91 Å². The summed E-state index contributed by atoms with van der Waals surface area (Å²) in [4.78, 5) is 14.4. The fourth-order valence-corrected chi connectivity index (χ4v) is 2.69. The van der Waals surface area contributed by atoms with E-state index in [1.165, 1.54) is 0 Å². The maximum atomic E-state index is 12.5. The van der Waals surface area contributed by atoms with Crippen LogP contribution in [-0.2, 0) is 11.3 Å². The van der Waals surface area contributed by atoms with E-state index < -0.39 is 6.04 Å². The third-order valence-electron chi connectivity index (χ3n) is 3.79. The predicted molar refractivity (Wildman–Crippen MR) is 87.5 cm³/mol. The van der Waals surface area contributed by atoms with Crippen LogP contribution in [0.1, 0.15) is 44.6 Å². The summed E-state index contributed by atoms with van der Waals surface area (Å²) in [6, 6.07) is 5.44. The summed E-state index contributed by atoms with van der Waals surface area (Å²) in [5.74, 6) is 0.0528. The normalized spacial score (nSPS) is 15.8. The van der Waals surface area contributed by atoms with Crippen molar-refractivity contribution in [2.24, 2.45) is 5.73 Å². The Kier molecular flexibility index (Phi) is 5.91. The van der Waals surface area contributed by atoms with Crippen LogP contribution in [0.25, 0.3) is 0 Å². The van der Waals surface area contributed by atoms with E-state index in [-0.39, 0.29) is 5.91 Å². The third-order valence-corrected chi connectivity index (χ3v) is 4.53. The van der Waals surface area contributed by atoms with Crippen molar-refractivity contribution in [1.29, 1.82) is 0 Å². The molecule has 0 aromatic heterocycles. The van der Waals surface area contributed by atoms with Gasteiger partial charge in [0.1, 0.15) is 0 Å². The molecule has 1 aliphatic carbocycles. The molecule has 2 rings (SSSR count). The minimum atomic E-state index is -0.395. The number of hydrogen-bond donors (Lipinski definition) is 1. The van der Waals surface area contributed by atoms with Crippen LogP contribution in [0.3, 0.4) is 0 Å². The van der Waals surface area contributed by atoms with Gasteiger partial charge in [-0.1, -0.05) is 49.0 Å². The Balaban J connectivity index is 2.05. The molecule has 2 N–H and O–H groups in total. The molecule has 1 aromatic rings. The van der Waals surface area contributed by atoms with Crippen LogP contribution in [-0.4, -0.2) is 22.9 Å². The zero-order valence-corrected chi connectivity index (χ0v) is 13.8. The number of halogens is 2. The zero-order valence-electron chi connectivity index (χ0n) is 12.3. The Labute approximate surface area is 136 Å². The molecule has 1 amide bonds. The summed E-state index contributed by atoms with van der Waals surface area (Å²) in [7, 11) is 0. The molecule has 1 aromatic carbocycles. The smallest absolute Gasteiger partial charge is 0.240 e. The second kappa shape index (κ2) is 7.48. The molecule has 0 bridgehead atoms. The molecule has 21 heavy (non-hydrogen) atoms. The molecule has 3 nitrogen and oxygen atoms in total. The Hall–Kier alpha value is -0.770. The number of nitrogens with zero attached hydrogens (tertiary/aromatic N) is 1. The lowest BCUT2D eigenvalue weighted by molar-refractivity contribution is -0.134. The first-order valence-electron chi connectivity index (χ1n) is 7.53. The average Bonchev–Trinajstić information content (AvgIpc) is 3.29. The molecule has 0 radical (unpaired) electrons. The highest BCUT2D eigenvalue weighted by atomic mass is 35.5. The lowest BCUT2D eigenvalue weighted by Gasteiger charge is -2.26. The van der Waals surface area contributed by atoms with Crippen molar-refractivity contribution < 1.29 is 4.79 Å². The lowest BCUT2D eigenvalue weighted by Crippen LogP contribution is -2.44. The number of rotatable bonds is 7. The number of benzene rings is 1.